The molecule has 2 N–H and O–H groups in total. The zero-order valence-corrected chi connectivity index (χ0v) is 10.8. The van der Waals surface area contributed by atoms with Gasteiger partial charge in [0.1, 0.15) is 5.01 Å². The minimum atomic E-state index is 0.561. The second kappa shape index (κ2) is 5.75. The van der Waals surface area contributed by atoms with Crippen molar-refractivity contribution in [2.75, 3.05) is 20.1 Å². The average molecular weight is 239 g/mol. The maximum atomic E-state index is 5.52. The number of nitrogens with zero attached hydrogens (tertiary/aromatic N) is 2. The summed E-state index contributed by atoms with van der Waals surface area (Å²) in [5, 5.41) is 1.30. The Morgan fingerprint density at radius 3 is 3.19 bits per heavy atom. The van der Waals surface area contributed by atoms with Gasteiger partial charge in [-0.2, -0.15) is 0 Å². The van der Waals surface area contributed by atoms with Gasteiger partial charge in [0.05, 0.1) is 6.04 Å². The van der Waals surface area contributed by atoms with Gasteiger partial charge in [-0.3, -0.25) is 4.90 Å². The number of hydrogen-bond donors (Lipinski definition) is 1. The highest BCUT2D eigenvalue weighted by Gasteiger charge is 2.23. The molecule has 0 spiro atoms. The Hall–Kier alpha value is -0.450. The van der Waals surface area contributed by atoms with Crippen LogP contribution < -0.4 is 5.73 Å². The van der Waals surface area contributed by atoms with Crippen LogP contribution in [0.5, 0.6) is 0 Å². The average Bonchev–Trinajstić information content (AvgIpc) is 2.75. The van der Waals surface area contributed by atoms with E-state index in [4.69, 9.17) is 5.73 Å². The van der Waals surface area contributed by atoms with E-state index < -0.39 is 0 Å². The van der Waals surface area contributed by atoms with Crippen molar-refractivity contribution in [3.8, 4) is 0 Å². The maximum absolute atomic E-state index is 5.52. The number of piperidine rings is 1. The molecular formula is C12H21N3S. The van der Waals surface area contributed by atoms with Crippen LogP contribution in [-0.2, 0) is 6.42 Å². The molecule has 1 aliphatic rings. The first-order valence-electron chi connectivity index (χ1n) is 6.16. The first-order valence-corrected chi connectivity index (χ1v) is 6.98. The normalized spacial score (nSPS) is 22.5. The van der Waals surface area contributed by atoms with Gasteiger partial charge >= 0.3 is 0 Å². The van der Waals surface area contributed by atoms with Crippen LogP contribution in [0.1, 0.15) is 41.6 Å². The number of aromatic nitrogens is 1. The van der Waals surface area contributed by atoms with E-state index in [1.54, 1.807) is 0 Å². The number of likely N-dealkylation sites (tertiary alicyclic amines) is 1. The third-order valence-electron chi connectivity index (χ3n) is 3.25. The van der Waals surface area contributed by atoms with Crippen LogP contribution in [0.25, 0.3) is 0 Å². The molecule has 0 radical (unpaired) electrons. The van der Waals surface area contributed by atoms with Gasteiger partial charge in [-0.15, -0.1) is 11.3 Å². The summed E-state index contributed by atoms with van der Waals surface area (Å²) in [5.41, 5.74) is 5.52. The monoisotopic (exact) mass is 239 g/mol. The van der Waals surface area contributed by atoms with Crippen molar-refractivity contribution >= 4 is 11.3 Å². The summed E-state index contributed by atoms with van der Waals surface area (Å²) >= 11 is 1.87. The van der Waals surface area contributed by atoms with Crippen LogP contribution in [0.4, 0.5) is 0 Å². The summed E-state index contributed by atoms with van der Waals surface area (Å²) in [6.45, 7) is 1.99. The van der Waals surface area contributed by atoms with Gasteiger partial charge in [-0.25, -0.2) is 4.98 Å². The van der Waals surface area contributed by atoms with Crippen molar-refractivity contribution in [1.29, 1.82) is 0 Å². The SMILES string of the molecule is CN1CCCCC1c1ncc(CCCN)s1. The Kier molecular flexibility index (Phi) is 4.32. The molecule has 0 saturated carbocycles. The van der Waals surface area contributed by atoms with Crippen LogP contribution in [0, 0.1) is 0 Å². The summed E-state index contributed by atoms with van der Waals surface area (Å²) < 4.78 is 0. The van der Waals surface area contributed by atoms with Gasteiger partial charge in [0.2, 0.25) is 0 Å². The Morgan fingerprint density at radius 2 is 2.44 bits per heavy atom. The van der Waals surface area contributed by atoms with Gasteiger partial charge in [0.15, 0.2) is 0 Å². The molecule has 0 aromatic carbocycles. The lowest BCUT2D eigenvalue weighted by molar-refractivity contribution is 0.187. The van der Waals surface area contributed by atoms with Crippen molar-refractivity contribution in [3.05, 3.63) is 16.1 Å². The molecule has 1 aliphatic heterocycles. The number of aryl methyl sites for hydroxylation is 1. The number of thiazole rings is 1. The largest absolute Gasteiger partial charge is 0.330 e. The molecule has 0 amide bonds. The smallest absolute Gasteiger partial charge is 0.110 e. The predicted molar refractivity (Wildman–Crippen MR) is 68.7 cm³/mol. The Morgan fingerprint density at radius 1 is 1.56 bits per heavy atom. The van der Waals surface area contributed by atoms with E-state index in [-0.39, 0.29) is 0 Å². The second-order valence-electron chi connectivity index (χ2n) is 4.55. The fourth-order valence-corrected chi connectivity index (χ4v) is 3.42. The highest BCUT2D eigenvalue weighted by molar-refractivity contribution is 7.11. The molecule has 0 aliphatic carbocycles. The summed E-state index contributed by atoms with van der Waals surface area (Å²) in [6, 6.07) is 0.561. The molecule has 1 saturated heterocycles. The first kappa shape index (κ1) is 12.0. The van der Waals surface area contributed by atoms with E-state index in [1.807, 2.05) is 17.5 Å². The summed E-state index contributed by atoms with van der Waals surface area (Å²) in [5.74, 6) is 0. The summed E-state index contributed by atoms with van der Waals surface area (Å²) in [6.07, 6.45) is 8.14. The molecule has 0 bridgehead atoms. The fourth-order valence-electron chi connectivity index (χ4n) is 2.26. The first-order chi connectivity index (χ1) is 7.81. The van der Waals surface area contributed by atoms with Crippen molar-refractivity contribution in [3.63, 3.8) is 0 Å². The van der Waals surface area contributed by atoms with Crippen LogP contribution >= 0.6 is 11.3 Å². The standard InChI is InChI=1S/C12H21N3S/c1-15-8-3-2-6-11(15)12-14-9-10(16-12)5-4-7-13/h9,11H,2-8,13H2,1H3. The van der Waals surface area contributed by atoms with Gasteiger partial charge in [-0.05, 0) is 45.8 Å². The van der Waals surface area contributed by atoms with Crippen LogP contribution in [0.2, 0.25) is 0 Å². The molecule has 1 atom stereocenters. The van der Waals surface area contributed by atoms with Gasteiger partial charge in [0.25, 0.3) is 0 Å². The van der Waals surface area contributed by atoms with E-state index in [0.717, 1.165) is 19.4 Å². The van der Waals surface area contributed by atoms with Crippen LogP contribution in [-0.4, -0.2) is 30.0 Å². The molecule has 3 nitrogen and oxygen atoms in total. The van der Waals surface area contributed by atoms with Crippen molar-refractivity contribution in [1.82, 2.24) is 9.88 Å². The Labute approximate surface area is 102 Å². The topological polar surface area (TPSA) is 42.2 Å². The predicted octanol–water partition coefficient (Wildman–Crippen LogP) is 2.19. The number of rotatable bonds is 4. The van der Waals surface area contributed by atoms with Crippen LogP contribution in [0.15, 0.2) is 6.20 Å². The quantitative estimate of drug-likeness (QED) is 0.876. The fraction of sp³-hybridized carbons (Fsp3) is 0.750. The van der Waals surface area contributed by atoms with Gasteiger partial charge < -0.3 is 5.73 Å². The van der Waals surface area contributed by atoms with E-state index >= 15 is 0 Å². The lowest BCUT2D eigenvalue weighted by Crippen LogP contribution is -2.29. The van der Waals surface area contributed by atoms with E-state index in [9.17, 15) is 0 Å². The Balaban J connectivity index is 1.99. The Bertz CT molecular complexity index is 324. The zero-order chi connectivity index (χ0) is 11.4. The lowest BCUT2D eigenvalue weighted by atomic mass is 10.0. The van der Waals surface area contributed by atoms with E-state index in [1.165, 1.54) is 35.7 Å². The molecule has 16 heavy (non-hydrogen) atoms. The van der Waals surface area contributed by atoms with Crippen molar-refractivity contribution in [2.45, 2.75) is 38.1 Å². The molecule has 4 heteroatoms. The minimum Gasteiger partial charge on any atom is -0.330 e. The number of nitrogens with two attached hydrogens (primary N) is 1. The zero-order valence-electron chi connectivity index (χ0n) is 9.98. The minimum absolute atomic E-state index is 0.561. The maximum Gasteiger partial charge on any atom is 0.110 e. The molecule has 1 aromatic heterocycles. The molecule has 1 unspecified atom stereocenters. The van der Waals surface area contributed by atoms with E-state index in [0.29, 0.717) is 6.04 Å². The summed E-state index contributed by atoms with van der Waals surface area (Å²) in [4.78, 5) is 8.41. The molecule has 2 heterocycles. The van der Waals surface area contributed by atoms with E-state index in [2.05, 4.69) is 16.9 Å². The molecule has 90 valence electrons. The van der Waals surface area contributed by atoms with Crippen LogP contribution in [0.3, 0.4) is 0 Å². The van der Waals surface area contributed by atoms with Crippen molar-refractivity contribution in [2.24, 2.45) is 5.73 Å². The molecule has 1 aromatic rings. The third kappa shape index (κ3) is 2.81. The number of hydrogen-bond acceptors (Lipinski definition) is 4. The summed E-state index contributed by atoms with van der Waals surface area (Å²) in [7, 11) is 2.21. The third-order valence-corrected chi connectivity index (χ3v) is 4.41. The molecule has 1 fully saturated rings. The highest BCUT2D eigenvalue weighted by atomic mass is 32.1. The van der Waals surface area contributed by atoms with Gasteiger partial charge in [0, 0.05) is 11.1 Å². The van der Waals surface area contributed by atoms with Crippen molar-refractivity contribution < 1.29 is 0 Å². The highest BCUT2D eigenvalue weighted by Crippen LogP contribution is 2.32. The second-order valence-corrected chi connectivity index (χ2v) is 5.70. The molecular weight excluding hydrogens is 218 g/mol. The van der Waals surface area contributed by atoms with Gasteiger partial charge in [-0.1, -0.05) is 6.42 Å². The molecule has 2 rings (SSSR count). The lowest BCUT2D eigenvalue weighted by Gasteiger charge is -2.30.